The van der Waals surface area contributed by atoms with Crippen molar-refractivity contribution in [3.05, 3.63) is 18.5 Å². The SMILES string of the molecule is CC(C)(C)OC(=O)N1CC[C@H](Cn2cccn2)C1. The summed E-state index contributed by atoms with van der Waals surface area (Å²) in [5.41, 5.74) is -0.419. The van der Waals surface area contributed by atoms with Crippen LogP contribution in [0.15, 0.2) is 18.5 Å². The lowest BCUT2D eigenvalue weighted by Crippen LogP contribution is -2.35. The highest BCUT2D eigenvalue weighted by Gasteiger charge is 2.29. The van der Waals surface area contributed by atoms with Crippen LogP contribution in [-0.2, 0) is 11.3 Å². The van der Waals surface area contributed by atoms with Gasteiger partial charge >= 0.3 is 6.09 Å². The molecule has 5 nitrogen and oxygen atoms in total. The number of ether oxygens (including phenoxy) is 1. The van der Waals surface area contributed by atoms with Gasteiger partial charge in [-0.25, -0.2) is 4.79 Å². The third-order valence-corrected chi connectivity index (χ3v) is 2.94. The first-order chi connectivity index (χ1) is 8.44. The number of carbonyl (C=O) groups excluding carboxylic acids is 1. The number of carbonyl (C=O) groups is 1. The van der Waals surface area contributed by atoms with Crippen LogP contribution < -0.4 is 0 Å². The molecule has 0 radical (unpaired) electrons. The Morgan fingerprint density at radius 1 is 1.50 bits per heavy atom. The molecule has 2 heterocycles. The molecule has 1 aromatic rings. The van der Waals surface area contributed by atoms with Crippen LogP contribution in [0.25, 0.3) is 0 Å². The van der Waals surface area contributed by atoms with Gasteiger partial charge in [0.2, 0.25) is 0 Å². The molecule has 1 aliphatic rings. The maximum Gasteiger partial charge on any atom is 0.410 e. The molecule has 1 atom stereocenters. The molecule has 0 aliphatic carbocycles. The second-order valence-electron chi connectivity index (χ2n) is 5.81. The number of likely N-dealkylation sites (tertiary alicyclic amines) is 1. The van der Waals surface area contributed by atoms with E-state index in [9.17, 15) is 4.79 Å². The van der Waals surface area contributed by atoms with Crippen LogP contribution in [0.3, 0.4) is 0 Å². The average molecular weight is 251 g/mol. The second-order valence-corrected chi connectivity index (χ2v) is 5.81. The van der Waals surface area contributed by atoms with Crippen molar-refractivity contribution < 1.29 is 9.53 Å². The highest BCUT2D eigenvalue weighted by atomic mass is 16.6. The zero-order chi connectivity index (χ0) is 13.2. The average Bonchev–Trinajstić information content (AvgIpc) is 2.86. The van der Waals surface area contributed by atoms with Crippen LogP contribution in [0, 0.1) is 5.92 Å². The quantitative estimate of drug-likeness (QED) is 0.809. The van der Waals surface area contributed by atoms with Crippen LogP contribution in [0.4, 0.5) is 4.79 Å². The van der Waals surface area contributed by atoms with Crippen molar-refractivity contribution >= 4 is 6.09 Å². The van der Waals surface area contributed by atoms with Gasteiger partial charge in [-0.3, -0.25) is 4.68 Å². The summed E-state index contributed by atoms with van der Waals surface area (Å²) in [5, 5.41) is 4.19. The van der Waals surface area contributed by atoms with Gasteiger partial charge < -0.3 is 9.64 Å². The van der Waals surface area contributed by atoms with E-state index in [1.165, 1.54) is 0 Å². The Morgan fingerprint density at radius 2 is 2.28 bits per heavy atom. The van der Waals surface area contributed by atoms with Gasteiger partial charge in [-0.2, -0.15) is 5.10 Å². The van der Waals surface area contributed by atoms with E-state index in [1.807, 2.05) is 37.7 Å². The van der Waals surface area contributed by atoms with Crippen LogP contribution in [0.5, 0.6) is 0 Å². The Labute approximate surface area is 108 Å². The molecule has 0 aromatic carbocycles. The van der Waals surface area contributed by atoms with Gasteiger partial charge in [-0.05, 0) is 39.2 Å². The van der Waals surface area contributed by atoms with E-state index in [2.05, 4.69) is 5.10 Å². The Kier molecular flexibility index (Phi) is 3.59. The van der Waals surface area contributed by atoms with E-state index in [0.717, 1.165) is 26.1 Å². The third kappa shape index (κ3) is 3.48. The predicted octanol–water partition coefficient (Wildman–Crippen LogP) is 2.14. The lowest BCUT2D eigenvalue weighted by atomic mass is 10.1. The molecule has 2 rings (SSSR count). The number of amides is 1. The molecule has 0 spiro atoms. The van der Waals surface area contributed by atoms with Crippen molar-refractivity contribution in [1.82, 2.24) is 14.7 Å². The predicted molar refractivity (Wildman–Crippen MR) is 68.1 cm³/mol. The fraction of sp³-hybridized carbons (Fsp3) is 0.692. The number of rotatable bonds is 2. The van der Waals surface area contributed by atoms with Crippen LogP contribution in [0.1, 0.15) is 27.2 Å². The Hall–Kier alpha value is -1.52. The maximum atomic E-state index is 11.9. The summed E-state index contributed by atoms with van der Waals surface area (Å²) < 4.78 is 7.29. The Bertz CT molecular complexity index is 395. The minimum Gasteiger partial charge on any atom is -0.444 e. The van der Waals surface area contributed by atoms with E-state index >= 15 is 0 Å². The lowest BCUT2D eigenvalue weighted by molar-refractivity contribution is 0.0287. The van der Waals surface area contributed by atoms with E-state index < -0.39 is 5.60 Å². The molecule has 0 bridgehead atoms. The largest absolute Gasteiger partial charge is 0.444 e. The van der Waals surface area contributed by atoms with Gasteiger partial charge in [-0.1, -0.05) is 0 Å². The monoisotopic (exact) mass is 251 g/mol. The first-order valence-electron chi connectivity index (χ1n) is 6.39. The summed E-state index contributed by atoms with van der Waals surface area (Å²) in [4.78, 5) is 13.7. The van der Waals surface area contributed by atoms with Crippen LogP contribution in [0.2, 0.25) is 0 Å². The number of nitrogens with zero attached hydrogens (tertiary/aromatic N) is 3. The van der Waals surface area contributed by atoms with Crippen LogP contribution in [-0.4, -0.2) is 39.5 Å². The maximum absolute atomic E-state index is 11.9. The molecule has 0 saturated carbocycles. The molecule has 1 aliphatic heterocycles. The molecule has 1 saturated heterocycles. The summed E-state index contributed by atoms with van der Waals surface area (Å²) in [6.45, 7) is 8.08. The molecule has 18 heavy (non-hydrogen) atoms. The highest BCUT2D eigenvalue weighted by molar-refractivity contribution is 5.68. The molecule has 1 amide bonds. The molecule has 0 N–H and O–H groups in total. The minimum absolute atomic E-state index is 0.203. The highest BCUT2D eigenvalue weighted by Crippen LogP contribution is 2.20. The second kappa shape index (κ2) is 5.00. The zero-order valence-corrected chi connectivity index (χ0v) is 11.3. The molecule has 1 aromatic heterocycles. The van der Waals surface area contributed by atoms with Crippen molar-refractivity contribution in [2.24, 2.45) is 5.92 Å². The van der Waals surface area contributed by atoms with Crippen molar-refractivity contribution in [3.63, 3.8) is 0 Å². The topological polar surface area (TPSA) is 47.4 Å². The van der Waals surface area contributed by atoms with Gasteiger partial charge in [0, 0.05) is 32.0 Å². The lowest BCUT2D eigenvalue weighted by Gasteiger charge is -2.24. The van der Waals surface area contributed by atoms with E-state index in [0.29, 0.717) is 5.92 Å². The van der Waals surface area contributed by atoms with E-state index in [4.69, 9.17) is 4.74 Å². The summed E-state index contributed by atoms with van der Waals surface area (Å²) >= 11 is 0. The number of hydrogen-bond acceptors (Lipinski definition) is 3. The fourth-order valence-corrected chi connectivity index (χ4v) is 2.15. The first-order valence-corrected chi connectivity index (χ1v) is 6.39. The summed E-state index contributed by atoms with van der Waals surface area (Å²) in [7, 11) is 0. The van der Waals surface area contributed by atoms with Gasteiger partial charge in [-0.15, -0.1) is 0 Å². The van der Waals surface area contributed by atoms with Gasteiger partial charge in [0.15, 0.2) is 0 Å². The summed E-state index contributed by atoms with van der Waals surface area (Å²) in [6, 6.07) is 1.92. The molecule has 0 unspecified atom stereocenters. The van der Waals surface area contributed by atoms with Gasteiger partial charge in [0.05, 0.1) is 0 Å². The van der Waals surface area contributed by atoms with Crippen LogP contribution >= 0.6 is 0 Å². The number of aromatic nitrogens is 2. The Balaban J connectivity index is 1.83. The molecular weight excluding hydrogens is 230 g/mol. The Morgan fingerprint density at radius 3 is 2.89 bits per heavy atom. The van der Waals surface area contributed by atoms with Crippen molar-refractivity contribution in [2.75, 3.05) is 13.1 Å². The zero-order valence-electron chi connectivity index (χ0n) is 11.3. The molecular formula is C13H21N3O2. The first kappa shape index (κ1) is 12.9. The summed E-state index contributed by atoms with van der Waals surface area (Å²) in [6.07, 6.45) is 4.54. The summed E-state index contributed by atoms with van der Waals surface area (Å²) in [5.74, 6) is 0.470. The fourth-order valence-electron chi connectivity index (χ4n) is 2.15. The minimum atomic E-state index is -0.419. The molecule has 5 heteroatoms. The molecule has 100 valence electrons. The molecule has 1 fully saturated rings. The van der Waals surface area contributed by atoms with Crippen molar-refractivity contribution in [1.29, 1.82) is 0 Å². The number of hydrogen-bond donors (Lipinski definition) is 0. The van der Waals surface area contributed by atoms with E-state index in [1.54, 1.807) is 11.1 Å². The van der Waals surface area contributed by atoms with Gasteiger partial charge in [0.1, 0.15) is 5.60 Å². The third-order valence-electron chi connectivity index (χ3n) is 2.94. The normalized spacial score (nSPS) is 20.2. The van der Waals surface area contributed by atoms with E-state index in [-0.39, 0.29) is 6.09 Å². The van der Waals surface area contributed by atoms with Crippen molar-refractivity contribution in [2.45, 2.75) is 39.3 Å². The standard InChI is InChI=1S/C13H21N3O2/c1-13(2,3)18-12(17)15-8-5-11(9-15)10-16-7-4-6-14-16/h4,6-7,11H,5,8-10H2,1-3H3/t11-/m0/s1. The van der Waals surface area contributed by atoms with Crippen molar-refractivity contribution in [3.8, 4) is 0 Å². The smallest absolute Gasteiger partial charge is 0.410 e. The van der Waals surface area contributed by atoms with Gasteiger partial charge in [0.25, 0.3) is 0 Å².